The minimum Gasteiger partial charge on any atom is -0.268 e. The Bertz CT molecular complexity index is 670. The van der Waals surface area contributed by atoms with Crippen LogP contribution in [0.2, 0.25) is 0 Å². The van der Waals surface area contributed by atoms with Gasteiger partial charge in [-0.15, -0.1) is 0 Å². The lowest BCUT2D eigenvalue weighted by Gasteiger charge is -2.13. The molecule has 5 nitrogen and oxygen atoms in total. The van der Waals surface area contributed by atoms with Gasteiger partial charge in [-0.05, 0) is 51.9 Å². The first-order chi connectivity index (χ1) is 11.1. The molecule has 0 saturated heterocycles. The molecule has 128 valence electrons. The highest BCUT2D eigenvalue weighted by molar-refractivity contribution is 7.89. The van der Waals surface area contributed by atoms with Crippen molar-refractivity contribution in [2.45, 2.75) is 75.6 Å². The summed E-state index contributed by atoms with van der Waals surface area (Å²) < 4.78 is 29.7. The lowest BCUT2D eigenvalue weighted by atomic mass is 9.97. The molecule has 3 rings (SSSR count). The van der Waals surface area contributed by atoms with Gasteiger partial charge >= 0.3 is 0 Å². The zero-order chi connectivity index (χ0) is 16.3. The topological polar surface area (TPSA) is 64.0 Å². The quantitative estimate of drug-likeness (QED) is 0.808. The maximum Gasteiger partial charge on any atom is 0.243 e. The molecule has 23 heavy (non-hydrogen) atoms. The average Bonchev–Trinajstić information content (AvgIpc) is 3.17. The summed E-state index contributed by atoms with van der Waals surface area (Å²) in [7, 11) is -3.46. The smallest absolute Gasteiger partial charge is 0.243 e. The number of nitrogens with zero attached hydrogens (tertiary/aromatic N) is 2. The molecule has 6 heteroatoms. The number of allylic oxidation sites excluding steroid dienone is 1. The summed E-state index contributed by atoms with van der Waals surface area (Å²) >= 11 is 0. The molecule has 2 aliphatic carbocycles. The molecule has 1 fully saturated rings. The van der Waals surface area contributed by atoms with E-state index in [1.165, 1.54) is 31.3 Å². The second-order valence-electron chi connectivity index (χ2n) is 6.75. The first-order valence-electron chi connectivity index (χ1n) is 8.79. The molecule has 1 saturated carbocycles. The van der Waals surface area contributed by atoms with Gasteiger partial charge in [0, 0.05) is 12.7 Å². The molecule has 1 aromatic heterocycles. The summed E-state index contributed by atoms with van der Waals surface area (Å²) in [6, 6.07) is 0.366. The highest BCUT2D eigenvalue weighted by atomic mass is 32.2. The van der Waals surface area contributed by atoms with Crippen LogP contribution in [-0.2, 0) is 10.0 Å². The summed E-state index contributed by atoms with van der Waals surface area (Å²) in [6.45, 7) is 2.26. The SMILES string of the molecule is Cc1nn(C2CCCC2)cc1S(=O)(=O)NCCC1=CCCCC1. The van der Waals surface area contributed by atoms with Crippen LogP contribution in [0.25, 0.3) is 0 Å². The Morgan fingerprint density at radius 2 is 2.04 bits per heavy atom. The predicted octanol–water partition coefficient (Wildman–Crippen LogP) is 3.48. The fourth-order valence-electron chi connectivity index (χ4n) is 3.64. The van der Waals surface area contributed by atoms with E-state index in [2.05, 4.69) is 15.9 Å². The van der Waals surface area contributed by atoms with Crippen LogP contribution in [0.5, 0.6) is 0 Å². The van der Waals surface area contributed by atoms with Crippen molar-refractivity contribution in [3.63, 3.8) is 0 Å². The zero-order valence-corrected chi connectivity index (χ0v) is 14.7. The Morgan fingerprint density at radius 3 is 2.74 bits per heavy atom. The van der Waals surface area contributed by atoms with Crippen molar-refractivity contribution < 1.29 is 8.42 Å². The Labute approximate surface area is 139 Å². The van der Waals surface area contributed by atoms with E-state index < -0.39 is 10.0 Å². The van der Waals surface area contributed by atoms with E-state index in [1.807, 2.05) is 4.68 Å². The normalized spacial score (nSPS) is 20.0. The van der Waals surface area contributed by atoms with E-state index in [9.17, 15) is 8.42 Å². The average molecular weight is 337 g/mol. The molecular formula is C17H27N3O2S. The van der Waals surface area contributed by atoms with Crippen LogP contribution in [0.3, 0.4) is 0 Å². The largest absolute Gasteiger partial charge is 0.268 e. The van der Waals surface area contributed by atoms with Gasteiger partial charge in [0.05, 0.1) is 11.7 Å². The first-order valence-corrected chi connectivity index (χ1v) is 10.3. The van der Waals surface area contributed by atoms with Gasteiger partial charge < -0.3 is 0 Å². The summed E-state index contributed by atoms with van der Waals surface area (Å²) in [4.78, 5) is 0.335. The summed E-state index contributed by atoms with van der Waals surface area (Å²) in [5.74, 6) is 0. The molecule has 1 N–H and O–H groups in total. The van der Waals surface area contributed by atoms with Crippen molar-refractivity contribution in [2.24, 2.45) is 0 Å². The molecule has 0 unspecified atom stereocenters. The van der Waals surface area contributed by atoms with Gasteiger partial charge in [-0.1, -0.05) is 24.5 Å². The van der Waals surface area contributed by atoms with E-state index in [0.29, 0.717) is 23.2 Å². The Morgan fingerprint density at radius 1 is 1.26 bits per heavy atom. The number of aromatic nitrogens is 2. The maximum absolute atomic E-state index is 12.5. The Kier molecular flexibility index (Phi) is 5.21. The fraction of sp³-hybridized carbons (Fsp3) is 0.706. The molecule has 0 atom stereocenters. The van der Waals surface area contributed by atoms with Gasteiger partial charge in [0.1, 0.15) is 4.90 Å². The molecule has 1 aromatic rings. The number of hydrogen-bond acceptors (Lipinski definition) is 3. The third-order valence-electron chi connectivity index (χ3n) is 4.98. The summed E-state index contributed by atoms with van der Waals surface area (Å²) in [5, 5.41) is 4.44. The van der Waals surface area contributed by atoms with Crippen molar-refractivity contribution in [3.8, 4) is 0 Å². The van der Waals surface area contributed by atoms with Crippen molar-refractivity contribution in [3.05, 3.63) is 23.5 Å². The number of rotatable bonds is 6. The molecule has 0 aliphatic heterocycles. The molecule has 0 bridgehead atoms. The van der Waals surface area contributed by atoms with Crippen molar-refractivity contribution >= 4 is 10.0 Å². The number of hydrogen-bond donors (Lipinski definition) is 1. The highest BCUT2D eigenvalue weighted by Gasteiger charge is 2.24. The van der Waals surface area contributed by atoms with Crippen LogP contribution in [0.15, 0.2) is 22.7 Å². The van der Waals surface area contributed by atoms with E-state index in [4.69, 9.17) is 0 Å². The van der Waals surface area contributed by atoms with Crippen LogP contribution < -0.4 is 4.72 Å². The van der Waals surface area contributed by atoms with Crippen LogP contribution >= 0.6 is 0 Å². The van der Waals surface area contributed by atoms with Crippen molar-refractivity contribution in [1.29, 1.82) is 0 Å². The van der Waals surface area contributed by atoms with Gasteiger partial charge in [0.15, 0.2) is 0 Å². The zero-order valence-electron chi connectivity index (χ0n) is 13.9. The number of sulfonamides is 1. The fourth-order valence-corrected chi connectivity index (χ4v) is 4.84. The molecule has 1 heterocycles. The lowest BCUT2D eigenvalue weighted by Crippen LogP contribution is -2.25. The van der Waals surface area contributed by atoms with E-state index in [0.717, 1.165) is 32.1 Å². The third kappa shape index (κ3) is 4.04. The van der Waals surface area contributed by atoms with Crippen molar-refractivity contribution in [2.75, 3.05) is 6.54 Å². The second-order valence-corrected chi connectivity index (χ2v) is 8.49. The van der Waals surface area contributed by atoms with Gasteiger partial charge in [-0.25, -0.2) is 13.1 Å². The van der Waals surface area contributed by atoms with E-state index in [1.54, 1.807) is 13.1 Å². The lowest BCUT2D eigenvalue weighted by molar-refractivity contribution is 0.464. The van der Waals surface area contributed by atoms with Gasteiger partial charge in [-0.3, -0.25) is 4.68 Å². The third-order valence-corrected chi connectivity index (χ3v) is 6.55. The van der Waals surface area contributed by atoms with Crippen LogP contribution in [0.1, 0.15) is 69.5 Å². The maximum atomic E-state index is 12.5. The second kappa shape index (κ2) is 7.18. The van der Waals surface area contributed by atoms with Crippen molar-refractivity contribution in [1.82, 2.24) is 14.5 Å². The van der Waals surface area contributed by atoms with Crippen LogP contribution in [-0.4, -0.2) is 24.7 Å². The van der Waals surface area contributed by atoms with Gasteiger partial charge in [-0.2, -0.15) is 5.10 Å². The van der Waals surface area contributed by atoms with Crippen LogP contribution in [0, 0.1) is 6.92 Å². The summed E-state index contributed by atoms with van der Waals surface area (Å²) in [6.07, 6.45) is 14.1. The highest BCUT2D eigenvalue weighted by Crippen LogP contribution is 2.30. The molecule has 0 amide bonds. The minimum atomic E-state index is -3.46. The van der Waals surface area contributed by atoms with E-state index >= 15 is 0 Å². The Hall–Kier alpha value is -1.14. The van der Waals surface area contributed by atoms with Gasteiger partial charge in [0.2, 0.25) is 10.0 Å². The number of nitrogens with one attached hydrogen (secondary N) is 1. The molecule has 2 aliphatic rings. The Balaban J connectivity index is 1.63. The first kappa shape index (κ1) is 16.7. The number of aryl methyl sites for hydroxylation is 1. The van der Waals surface area contributed by atoms with E-state index in [-0.39, 0.29) is 0 Å². The summed E-state index contributed by atoms with van der Waals surface area (Å²) in [5.41, 5.74) is 1.98. The monoisotopic (exact) mass is 337 g/mol. The molecule has 0 radical (unpaired) electrons. The molecule has 0 aromatic carbocycles. The standard InChI is InChI=1S/C17H27N3O2S/c1-14-17(13-20(19-14)16-9-5-6-10-16)23(21,22)18-12-11-15-7-3-2-4-8-15/h7,13,16,18H,2-6,8-12H2,1H3. The molecular weight excluding hydrogens is 310 g/mol. The molecule has 0 spiro atoms. The van der Waals surface area contributed by atoms with Gasteiger partial charge in [0.25, 0.3) is 0 Å². The van der Waals surface area contributed by atoms with Crippen LogP contribution in [0.4, 0.5) is 0 Å². The minimum absolute atomic E-state index is 0.335. The predicted molar refractivity (Wildman–Crippen MR) is 90.8 cm³/mol.